The van der Waals surface area contributed by atoms with Gasteiger partial charge < -0.3 is 24.0 Å². The van der Waals surface area contributed by atoms with Crippen molar-refractivity contribution in [2.75, 3.05) is 67.2 Å². The van der Waals surface area contributed by atoms with Crippen LogP contribution in [0.5, 0.6) is 11.5 Å². The van der Waals surface area contributed by atoms with Crippen molar-refractivity contribution in [3.8, 4) is 11.5 Å². The maximum Gasteiger partial charge on any atom is 0.277 e. The van der Waals surface area contributed by atoms with Gasteiger partial charge in [-0.05, 0) is 30.7 Å². The number of hydrogen-bond acceptors (Lipinski definition) is 7. The predicted molar refractivity (Wildman–Crippen MR) is 113 cm³/mol. The van der Waals surface area contributed by atoms with E-state index in [1.54, 1.807) is 33.5 Å². The summed E-state index contributed by atoms with van der Waals surface area (Å²) < 4.78 is 15.8. The van der Waals surface area contributed by atoms with E-state index in [0.717, 1.165) is 19.6 Å². The van der Waals surface area contributed by atoms with Gasteiger partial charge in [-0.25, -0.2) is 0 Å². The van der Waals surface area contributed by atoms with Crippen LogP contribution in [-0.2, 0) is 14.3 Å². The molecule has 0 aliphatic carbocycles. The fourth-order valence-corrected chi connectivity index (χ4v) is 3.97. The van der Waals surface area contributed by atoms with Crippen LogP contribution in [0.15, 0.2) is 23.9 Å². The van der Waals surface area contributed by atoms with Crippen LogP contribution in [0.4, 0.5) is 0 Å². The van der Waals surface area contributed by atoms with E-state index in [1.807, 2.05) is 6.07 Å². The Balaban J connectivity index is 1.99. The number of piperazine rings is 1. The number of benzene rings is 1. The number of imide groups is 1. The fraction of sp³-hybridized carbons (Fsp3) is 0.545. The number of hydrogen-bond donors (Lipinski definition) is 0. The number of ether oxygens (including phenoxy) is 3. The van der Waals surface area contributed by atoms with Crippen LogP contribution in [0.2, 0.25) is 0 Å². The number of carbonyl (C=O) groups excluding carboxylic acids is 2. The number of methoxy groups -OCH3 is 3. The molecular formula is C22H31N3O5. The maximum atomic E-state index is 13.3. The van der Waals surface area contributed by atoms with Gasteiger partial charge in [-0.1, -0.05) is 13.0 Å². The SMILES string of the molecule is CCN1CCN(C2=C(c3ccc(OC)c(OC)c3)C(=O)N(CCCOC)C2=O)CC1. The van der Waals surface area contributed by atoms with Gasteiger partial charge >= 0.3 is 0 Å². The van der Waals surface area contributed by atoms with Crippen molar-refractivity contribution in [1.82, 2.24) is 14.7 Å². The standard InChI is InChI=1S/C22H31N3O5/c1-5-23-10-12-24(13-11-23)20-19(16-7-8-17(29-3)18(15-16)30-4)21(26)25(22(20)27)9-6-14-28-2/h7-8,15H,5-6,9-14H2,1-4H3. The van der Waals surface area contributed by atoms with Crippen LogP contribution in [0, 0.1) is 0 Å². The molecule has 1 aromatic carbocycles. The summed E-state index contributed by atoms with van der Waals surface area (Å²) in [5.41, 5.74) is 1.58. The maximum absolute atomic E-state index is 13.3. The molecule has 1 saturated heterocycles. The van der Waals surface area contributed by atoms with Crippen molar-refractivity contribution in [2.45, 2.75) is 13.3 Å². The molecule has 8 heteroatoms. The van der Waals surface area contributed by atoms with E-state index in [2.05, 4.69) is 16.7 Å². The van der Waals surface area contributed by atoms with Crippen molar-refractivity contribution >= 4 is 17.4 Å². The lowest BCUT2D eigenvalue weighted by atomic mass is 10.0. The predicted octanol–water partition coefficient (Wildman–Crippen LogP) is 1.46. The Kier molecular flexibility index (Phi) is 7.33. The third kappa shape index (κ3) is 4.29. The Labute approximate surface area is 178 Å². The zero-order chi connectivity index (χ0) is 21.7. The quantitative estimate of drug-likeness (QED) is 0.445. The fourth-order valence-electron chi connectivity index (χ4n) is 3.97. The first-order chi connectivity index (χ1) is 14.5. The van der Waals surface area contributed by atoms with E-state index < -0.39 is 0 Å². The van der Waals surface area contributed by atoms with Gasteiger partial charge in [0.1, 0.15) is 5.70 Å². The van der Waals surface area contributed by atoms with Crippen molar-refractivity contribution in [3.05, 3.63) is 29.5 Å². The summed E-state index contributed by atoms with van der Waals surface area (Å²) in [7, 11) is 4.73. The number of nitrogens with zero attached hydrogens (tertiary/aromatic N) is 3. The summed E-state index contributed by atoms with van der Waals surface area (Å²) in [5, 5.41) is 0. The molecule has 0 aromatic heterocycles. The molecule has 164 valence electrons. The molecule has 0 atom stereocenters. The minimum atomic E-state index is -0.267. The second-order valence-corrected chi connectivity index (χ2v) is 7.32. The minimum absolute atomic E-state index is 0.231. The molecule has 30 heavy (non-hydrogen) atoms. The molecule has 0 unspecified atom stereocenters. The molecule has 8 nitrogen and oxygen atoms in total. The Morgan fingerprint density at radius 1 is 0.933 bits per heavy atom. The second-order valence-electron chi connectivity index (χ2n) is 7.32. The highest BCUT2D eigenvalue weighted by molar-refractivity contribution is 6.35. The number of rotatable bonds is 9. The molecule has 0 N–H and O–H groups in total. The zero-order valence-corrected chi connectivity index (χ0v) is 18.3. The topological polar surface area (TPSA) is 71.6 Å². The van der Waals surface area contributed by atoms with Gasteiger partial charge in [0.25, 0.3) is 11.8 Å². The lowest BCUT2D eigenvalue weighted by Gasteiger charge is -2.36. The van der Waals surface area contributed by atoms with Crippen molar-refractivity contribution in [2.24, 2.45) is 0 Å². The van der Waals surface area contributed by atoms with Gasteiger partial charge in [0.15, 0.2) is 11.5 Å². The molecule has 2 amide bonds. The summed E-state index contributed by atoms with van der Waals surface area (Å²) in [4.78, 5) is 32.4. The van der Waals surface area contributed by atoms with E-state index in [9.17, 15) is 9.59 Å². The number of amides is 2. The largest absolute Gasteiger partial charge is 0.493 e. The summed E-state index contributed by atoms with van der Waals surface area (Å²) in [5.74, 6) is 0.603. The van der Waals surface area contributed by atoms with Crippen LogP contribution in [0.1, 0.15) is 18.9 Å². The molecule has 2 aliphatic rings. The summed E-state index contributed by atoms with van der Waals surface area (Å²) >= 11 is 0. The van der Waals surface area contributed by atoms with Gasteiger partial charge in [0, 0.05) is 46.4 Å². The van der Waals surface area contributed by atoms with E-state index >= 15 is 0 Å². The van der Waals surface area contributed by atoms with E-state index in [4.69, 9.17) is 14.2 Å². The molecule has 1 fully saturated rings. The van der Waals surface area contributed by atoms with E-state index in [-0.39, 0.29) is 11.8 Å². The van der Waals surface area contributed by atoms with Crippen molar-refractivity contribution in [1.29, 1.82) is 0 Å². The summed E-state index contributed by atoms with van der Waals surface area (Å²) in [6.07, 6.45) is 0.601. The van der Waals surface area contributed by atoms with Crippen molar-refractivity contribution in [3.63, 3.8) is 0 Å². The minimum Gasteiger partial charge on any atom is -0.493 e. The molecule has 2 heterocycles. The van der Waals surface area contributed by atoms with Crippen LogP contribution >= 0.6 is 0 Å². The number of likely N-dealkylation sites (N-methyl/N-ethyl adjacent to an activating group) is 1. The number of carbonyl (C=O) groups is 2. The first kappa shape index (κ1) is 22.1. The van der Waals surface area contributed by atoms with Crippen LogP contribution in [0.3, 0.4) is 0 Å². The normalized spacial score (nSPS) is 17.9. The first-order valence-electron chi connectivity index (χ1n) is 10.3. The molecule has 2 aliphatic heterocycles. The van der Waals surface area contributed by atoms with Gasteiger partial charge in [-0.15, -0.1) is 0 Å². The van der Waals surface area contributed by atoms with Crippen LogP contribution in [-0.4, -0.2) is 93.7 Å². The van der Waals surface area contributed by atoms with Crippen LogP contribution < -0.4 is 9.47 Å². The zero-order valence-electron chi connectivity index (χ0n) is 18.3. The lowest BCUT2D eigenvalue weighted by molar-refractivity contribution is -0.137. The molecule has 1 aromatic rings. The van der Waals surface area contributed by atoms with E-state index in [0.29, 0.717) is 61.0 Å². The van der Waals surface area contributed by atoms with Crippen molar-refractivity contribution < 1.29 is 23.8 Å². The smallest absolute Gasteiger partial charge is 0.277 e. The Morgan fingerprint density at radius 2 is 1.63 bits per heavy atom. The molecule has 0 bridgehead atoms. The van der Waals surface area contributed by atoms with Gasteiger partial charge in [0.2, 0.25) is 0 Å². The van der Waals surface area contributed by atoms with Gasteiger partial charge in [-0.3, -0.25) is 14.5 Å². The highest BCUT2D eigenvalue weighted by Gasteiger charge is 2.42. The third-order valence-corrected chi connectivity index (χ3v) is 5.68. The highest BCUT2D eigenvalue weighted by Crippen LogP contribution is 2.36. The first-order valence-corrected chi connectivity index (χ1v) is 10.3. The molecule has 0 radical (unpaired) electrons. The lowest BCUT2D eigenvalue weighted by Crippen LogP contribution is -2.47. The monoisotopic (exact) mass is 417 g/mol. The average molecular weight is 418 g/mol. The average Bonchev–Trinajstić information content (AvgIpc) is 3.03. The van der Waals surface area contributed by atoms with Gasteiger partial charge in [-0.2, -0.15) is 0 Å². The van der Waals surface area contributed by atoms with Gasteiger partial charge in [0.05, 0.1) is 19.8 Å². The van der Waals surface area contributed by atoms with Crippen LogP contribution in [0.25, 0.3) is 5.57 Å². The third-order valence-electron chi connectivity index (χ3n) is 5.68. The Morgan fingerprint density at radius 3 is 2.23 bits per heavy atom. The molecular weight excluding hydrogens is 386 g/mol. The summed E-state index contributed by atoms with van der Waals surface area (Å²) in [6, 6.07) is 5.34. The molecule has 0 spiro atoms. The molecule has 0 saturated carbocycles. The second kappa shape index (κ2) is 9.95. The molecule has 3 rings (SSSR count). The van der Waals surface area contributed by atoms with E-state index in [1.165, 1.54) is 4.90 Å². The summed E-state index contributed by atoms with van der Waals surface area (Å²) in [6.45, 7) is 7.09. The highest BCUT2D eigenvalue weighted by atomic mass is 16.5. The Bertz CT molecular complexity index is 815. The Hall–Kier alpha value is -2.58.